The van der Waals surface area contributed by atoms with Crippen molar-refractivity contribution in [3.63, 3.8) is 0 Å². The molecule has 1 aliphatic heterocycles. The van der Waals surface area contributed by atoms with Crippen molar-refractivity contribution in [3.05, 3.63) is 65.1 Å². The van der Waals surface area contributed by atoms with Crippen LogP contribution in [-0.4, -0.2) is 66.8 Å². The van der Waals surface area contributed by atoms with E-state index in [9.17, 15) is 28.4 Å². The second-order valence-corrected chi connectivity index (χ2v) is 11.2. The number of rotatable bonds is 13. The summed E-state index contributed by atoms with van der Waals surface area (Å²) in [5.41, 5.74) is 0.408. The van der Waals surface area contributed by atoms with E-state index in [1.165, 1.54) is 13.2 Å². The maximum atomic E-state index is 14.3. The second kappa shape index (κ2) is 14.5. The molecule has 2 heterocycles. The molecule has 12 nitrogen and oxygen atoms in total. The lowest BCUT2D eigenvalue weighted by Gasteiger charge is -2.25. The number of aromatic nitrogens is 1. The minimum absolute atomic E-state index is 0.00468. The van der Waals surface area contributed by atoms with Gasteiger partial charge >= 0.3 is 5.97 Å². The molecule has 2 aromatic carbocycles. The van der Waals surface area contributed by atoms with Crippen molar-refractivity contribution in [3.8, 4) is 11.8 Å². The smallest absolute Gasteiger partial charge is 0.341 e. The Balaban J connectivity index is 1.49. The van der Waals surface area contributed by atoms with Crippen LogP contribution in [0.5, 0.6) is 5.75 Å². The lowest BCUT2D eigenvalue weighted by atomic mass is 9.95. The lowest BCUT2D eigenvalue weighted by Crippen LogP contribution is -2.53. The van der Waals surface area contributed by atoms with Crippen molar-refractivity contribution in [2.45, 2.75) is 45.2 Å². The Morgan fingerprint density at radius 2 is 1.89 bits per heavy atom. The highest BCUT2D eigenvalue weighted by Gasteiger charge is 2.34. The molecule has 1 saturated heterocycles. The molecule has 0 bridgehead atoms. The maximum absolute atomic E-state index is 14.3. The Morgan fingerprint density at radius 1 is 1.11 bits per heavy atom. The van der Waals surface area contributed by atoms with E-state index >= 15 is 0 Å². The largest absolute Gasteiger partial charge is 0.496 e. The van der Waals surface area contributed by atoms with Gasteiger partial charge in [0, 0.05) is 23.4 Å². The molecule has 236 valence electrons. The molecule has 4 N–H and O–H groups in total. The predicted octanol–water partition coefficient (Wildman–Crippen LogP) is 2.77. The van der Waals surface area contributed by atoms with E-state index in [1.807, 2.05) is 13.8 Å². The van der Waals surface area contributed by atoms with Crippen molar-refractivity contribution in [1.29, 1.82) is 5.26 Å². The fourth-order valence-electron chi connectivity index (χ4n) is 5.13. The Kier molecular flexibility index (Phi) is 10.5. The summed E-state index contributed by atoms with van der Waals surface area (Å²) in [6.45, 7) is 3.34. The van der Waals surface area contributed by atoms with E-state index in [0.717, 1.165) is 12.1 Å². The summed E-state index contributed by atoms with van der Waals surface area (Å²) in [7, 11) is 1.52. The SMILES string of the molecule is COc1cccc2[nH]c(C(=O)N[C@H](CC(C)C)C(=O)N[C@H](CC3CCNC3=O)C(=O)COC(=O)c3ccc(C#N)cc3F)cc12. The number of benzene rings is 2. The molecule has 1 fully saturated rings. The van der Waals surface area contributed by atoms with E-state index in [-0.39, 0.29) is 35.9 Å². The van der Waals surface area contributed by atoms with Gasteiger partial charge < -0.3 is 30.4 Å². The number of Topliss-reactive ketones (excluding diaryl/α,β-unsaturated/α-hetero) is 1. The minimum atomic E-state index is -1.24. The molecule has 13 heteroatoms. The number of nitrogens with one attached hydrogen (secondary N) is 4. The first-order valence-corrected chi connectivity index (χ1v) is 14.4. The number of carbonyl (C=O) groups is 5. The van der Waals surface area contributed by atoms with Crippen LogP contribution >= 0.6 is 0 Å². The number of halogens is 1. The molecular formula is C32H34FN5O7. The number of amides is 3. The van der Waals surface area contributed by atoms with Crippen molar-refractivity contribution in [2.75, 3.05) is 20.3 Å². The van der Waals surface area contributed by atoms with Gasteiger partial charge in [0.25, 0.3) is 5.91 Å². The van der Waals surface area contributed by atoms with Crippen LogP contribution in [0.2, 0.25) is 0 Å². The fraction of sp³-hybridized carbons (Fsp3) is 0.375. The number of H-pyrrole nitrogens is 1. The molecule has 0 radical (unpaired) electrons. The first-order chi connectivity index (χ1) is 21.5. The van der Waals surface area contributed by atoms with Gasteiger partial charge in [0.2, 0.25) is 11.8 Å². The summed E-state index contributed by atoms with van der Waals surface area (Å²) in [5, 5.41) is 17.7. The number of nitriles is 1. The van der Waals surface area contributed by atoms with Crippen molar-refractivity contribution in [1.82, 2.24) is 20.9 Å². The number of aromatic amines is 1. The fourth-order valence-corrected chi connectivity index (χ4v) is 5.13. The van der Waals surface area contributed by atoms with E-state index in [0.29, 0.717) is 29.6 Å². The van der Waals surface area contributed by atoms with Gasteiger partial charge in [-0.2, -0.15) is 5.26 Å². The molecule has 4 rings (SSSR count). The normalized spacial score (nSPS) is 15.6. The highest BCUT2D eigenvalue weighted by molar-refractivity contribution is 6.02. The molecule has 3 atom stereocenters. The Morgan fingerprint density at radius 3 is 2.53 bits per heavy atom. The summed E-state index contributed by atoms with van der Waals surface area (Å²) in [6, 6.07) is 9.57. The van der Waals surface area contributed by atoms with E-state index in [4.69, 9.17) is 14.7 Å². The summed E-state index contributed by atoms with van der Waals surface area (Å²) in [5.74, 6) is -4.36. The highest BCUT2D eigenvalue weighted by Crippen LogP contribution is 2.26. The van der Waals surface area contributed by atoms with E-state index < -0.39 is 59.6 Å². The minimum Gasteiger partial charge on any atom is -0.496 e. The summed E-state index contributed by atoms with van der Waals surface area (Å²) in [4.78, 5) is 67.9. The lowest BCUT2D eigenvalue weighted by molar-refractivity contribution is -0.131. The molecule has 0 spiro atoms. The van der Waals surface area contributed by atoms with Crippen LogP contribution in [0.15, 0.2) is 42.5 Å². The zero-order valence-corrected chi connectivity index (χ0v) is 25.1. The van der Waals surface area contributed by atoms with Gasteiger partial charge in [0.15, 0.2) is 12.4 Å². The first-order valence-electron chi connectivity index (χ1n) is 14.4. The molecule has 45 heavy (non-hydrogen) atoms. The third-order valence-electron chi connectivity index (χ3n) is 7.47. The number of ether oxygens (including phenoxy) is 2. The number of methoxy groups -OCH3 is 1. The standard InChI is InChI=1S/C32H34FN5O7/c1-17(2)11-25(38-31(42)26-14-21-23(36-26)5-4-6-28(21)44-3)30(41)37-24(13-19-9-10-35-29(19)40)27(39)16-45-32(43)20-8-7-18(15-34)12-22(20)33/h4-8,12,14,17,19,24-25,36H,9-11,13,16H2,1-3H3,(H,35,40)(H,37,41)(H,38,42)/t19?,24-,25-/m1/s1. The van der Waals surface area contributed by atoms with Crippen LogP contribution in [0.25, 0.3) is 10.9 Å². The Hall–Kier alpha value is -5.25. The Labute approximate surface area is 258 Å². The summed E-state index contributed by atoms with van der Waals surface area (Å²) in [6.07, 6.45) is 0.604. The topological polar surface area (TPSA) is 179 Å². The highest BCUT2D eigenvalue weighted by atomic mass is 19.1. The molecular weight excluding hydrogens is 585 g/mol. The molecule has 1 unspecified atom stereocenters. The number of esters is 1. The third kappa shape index (κ3) is 8.03. The van der Waals surface area contributed by atoms with Crippen LogP contribution in [0.4, 0.5) is 4.39 Å². The van der Waals surface area contributed by atoms with Crippen LogP contribution in [0, 0.1) is 29.0 Å². The number of carbonyl (C=O) groups excluding carboxylic acids is 5. The van der Waals surface area contributed by atoms with Crippen molar-refractivity contribution < 1.29 is 37.8 Å². The summed E-state index contributed by atoms with van der Waals surface area (Å²) >= 11 is 0. The van der Waals surface area contributed by atoms with Gasteiger partial charge in [-0.25, -0.2) is 9.18 Å². The third-order valence-corrected chi connectivity index (χ3v) is 7.47. The van der Waals surface area contributed by atoms with Gasteiger partial charge in [-0.3, -0.25) is 19.2 Å². The zero-order valence-electron chi connectivity index (χ0n) is 25.1. The van der Waals surface area contributed by atoms with Gasteiger partial charge in [0.1, 0.15) is 23.3 Å². The molecule has 0 aliphatic carbocycles. The van der Waals surface area contributed by atoms with E-state index in [2.05, 4.69) is 20.9 Å². The van der Waals surface area contributed by atoms with Gasteiger partial charge in [-0.05, 0) is 61.6 Å². The number of hydrogen-bond donors (Lipinski definition) is 4. The number of ketones is 1. The van der Waals surface area contributed by atoms with Crippen LogP contribution in [-0.2, 0) is 19.1 Å². The molecule has 1 aromatic heterocycles. The Bertz CT molecular complexity index is 1660. The monoisotopic (exact) mass is 619 g/mol. The second-order valence-electron chi connectivity index (χ2n) is 11.2. The number of hydrogen-bond acceptors (Lipinski definition) is 8. The van der Waals surface area contributed by atoms with Crippen LogP contribution in [0.3, 0.4) is 0 Å². The average Bonchev–Trinajstić information content (AvgIpc) is 3.64. The van der Waals surface area contributed by atoms with Gasteiger partial charge in [-0.1, -0.05) is 19.9 Å². The van der Waals surface area contributed by atoms with Crippen LogP contribution < -0.4 is 20.7 Å². The maximum Gasteiger partial charge on any atom is 0.341 e. The number of nitrogens with zero attached hydrogens (tertiary/aromatic N) is 1. The van der Waals surface area contributed by atoms with Crippen molar-refractivity contribution >= 4 is 40.4 Å². The quantitative estimate of drug-likeness (QED) is 0.211. The first kappa shape index (κ1) is 32.7. The predicted molar refractivity (Wildman–Crippen MR) is 160 cm³/mol. The van der Waals surface area contributed by atoms with Crippen molar-refractivity contribution in [2.24, 2.45) is 11.8 Å². The van der Waals surface area contributed by atoms with E-state index in [1.54, 1.807) is 30.3 Å². The molecule has 3 amide bonds. The van der Waals surface area contributed by atoms with Gasteiger partial charge in [-0.15, -0.1) is 0 Å². The molecule has 1 aliphatic rings. The van der Waals surface area contributed by atoms with Gasteiger partial charge in [0.05, 0.1) is 30.3 Å². The zero-order chi connectivity index (χ0) is 32.7. The summed E-state index contributed by atoms with van der Waals surface area (Å²) < 4.78 is 24.7. The molecule has 3 aromatic rings. The number of fused-ring (bicyclic) bond motifs is 1. The average molecular weight is 620 g/mol. The van der Waals surface area contributed by atoms with Crippen LogP contribution in [0.1, 0.15) is 59.5 Å². The molecule has 0 saturated carbocycles.